The van der Waals surface area contributed by atoms with Gasteiger partial charge in [-0.05, 0) is 25.8 Å². The first-order valence-electron chi connectivity index (χ1n) is 8.34. The Labute approximate surface area is 127 Å². The molecule has 1 saturated heterocycles. The van der Waals surface area contributed by atoms with Gasteiger partial charge in [0.25, 0.3) is 0 Å². The van der Waals surface area contributed by atoms with E-state index in [1.165, 1.54) is 32.1 Å². The summed E-state index contributed by atoms with van der Waals surface area (Å²) in [5.41, 5.74) is 7.24. The molecule has 3 heteroatoms. The average Bonchev–Trinajstić information content (AvgIpc) is 2.48. The smallest absolute Gasteiger partial charge is 0.124 e. The van der Waals surface area contributed by atoms with Gasteiger partial charge in [-0.25, -0.2) is 0 Å². The molecule has 1 aromatic rings. The van der Waals surface area contributed by atoms with E-state index in [0.717, 1.165) is 30.8 Å². The zero-order valence-corrected chi connectivity index (χ0v) is 13.0. The van der Waals surface area contributed by atoms with Gasteiger partial charge in [-0.2, -0.15) is 0 Å². The largest absolute Gasteiger partial charge is 0.490 e. The van der Waals surface area contributed by atoms with Crippen molar-refractivity contribution in [3.63, 3.8) is 0 Å². The summed E-state index contributed by atoms with van der Waals surface area (Å²) in [6, 6.07) is 8.16. The molecule has 2 N–H and O–H groups in total. The predicted molar refractivity (Wildman–Crippen MR) is 84.5 cm³/mol. The van der Waals surface area contributed by atoms with E-state index in [0.29, 0.717) is 0 Å². The van der Waals surface area contributed by atoms with Crippen molar-refractivity contribution in [1.82, 2.24) is 0 Å². The third kappa shape index (κ3) is 3.41. The molecule has 0 bridgehead atoms. The van der Waals surface area contributed by atoms with E-state index < -0.39 is 0 Å². The Hall–Kier alpha value is -1.06. The average molecular weight is 289 g/mol. The Balaban J connectivity index is 1.70. The summed E-state index contributed by atoms with van der Waals surface area (Å²) in [5, 5.41) is 0. The van der Waals surface area contributed by atoms with Gasteiger partial charge >= 0.3 is 0 Å². The van der Waals surface area contributed by atoms with E-state index in [2.05, 4.69) is 6.07 Å². The quantitative estimate of drug-likeness (QED) is 0.915. The number of rotatable bonds is 3. The third-order valence-corrected chi connectivity index (χ3v) is 4.92. The monoisotopic (exact) mass is 289 g/mol. The summed E-state index contributed by atoms with van der Waals surface area (Å²) in [6.45, 7) is 2.83. The fraction of sp³-hybridized carbons (Fsp3) is 0.667. The molecule has 21 heavy (non-hydrogen) atoms. The van der Waals surface area contributed by atoms with Gasteiger partial charge in [-0.1, -0.05) is 37.5 Å². The van der Waals surface area contributed by atoms with E-state index in [-0.39, 0.29) is 17.7 Å². The first-order valence-corrected chi connectivity index (χ1v) is 8.34. The van der Waals surface area contributed by atoms with Crippen molar-refractivity contribution in [1.29, 1.82) is 0 Å². The standard InChI is InChI=1S/C18H27NO2/c1-14(19)16-7-3-4-8-17(16)21-15-9-12-20-18(13-15)10-5-2-6-11-18/h3-4,7-8,14-15H,2,5-6,9-13,19H2,1H3/t14-,15?/m0/s1. The molecule has 116 valence electrons. The van der Waals surface area contributed by atoms with E-state index >= 15 is 0 Å². The molecular formula is C18H27NO2. The van der Waals surface area contributed by atoms with Crippen LogP contribution in [0.1, 0.15) is 63.5 Å². The predicted octanol–water partition coefficient (Wildman–Crippen LogP) is 3.97. The summed E-state index contributed by atoms with van der Waals surface area (Å²) in [6.07, 6.45) is 8.60. The normalized spacial score (nSPS) is 26.5. The Bertz CT molecular complexity index is 461. The van der Waals surface area contributed by atoms with Crippen molar-refractivity contribution in [2.45, 2.75) is 69.6 Å². The summed E-state index contributed by atoms with van der Waals surface area (Å²) < 4.78 is 12.5. The summed E-state index contributed by atoms with van der Waals surface area (Å²) >= 11 is 0. The van der Waals surface area contributed by atoms with Crippen LogP contribution in [0.4, 0.5) is 0 Å². The first-order chi connectivity index (χ1) is 10.2. The Morgan fingerprint density at radius 3 is 2.76 bits per heavy atom. The molecule has 3 nitrogen and oxygen atoms in total. The lowest BCUT2D eigenvalue weighted by molar-refractivity contribution is -0.129. The van der Waals surface area contributed by atoms with Gasteiger partial charge in [0.15, 0.2) is 0 Å². The second-order valence-electron chi connectivity index (χ2n) is 6.65. The van der Waals surface area contributed by atoms with Crippen molar-refractivity contribution in [3.05, 3.63) is 29.8 Å². The lowest BCUT2D eigenvalue weighted by Crippen LogP contribution is -2.45. The summed E-state index contributed by atoms with van der Waals surface area (Å²) in [7, 11) is 0. The minimum Gasteiger partial charge on any atom is -0.490 e. The minimum atomic E-state index is 0.00433. The SMILES string of the molecule is C[C@H](N)c1ccccc1OC1CCOC2(CCCCC2)C1. The van der Waals surface area contributed by atoms with Crippen LogP contribution in [0.25, 0.3) is 0 Å². The number of benzene rings is 1. The maximum Gasteiger partial charge on any atom is 0.124 e. The Morgan fingerprint density at radius 2 is 2.00 bits per heavy atom. The van der Waals surface area contributed by atoms with Crippen LogP contribution in [0, 0.1) is 0 Å². The first kappa shape index (κ1) is 14.9. The minimum absolute atomic E-state index is 0.00433. The highest BCUT2D eigenvalue weighted by Crippen LogP contribution is 2.40. The molecule has 1 aliphatic carbocycles. The van der Waals surface area contributed by atoms with Crippen LogP contribution < -0.4 is 10.5 Å². The molecule has 1 aromatic carbocycles. The van der Waals surface area contributed by atoms with Crippen LogP contribution in [0.5, 0.6) is 5.75 Å². The third-order valence-electron chi connectivity index (χ3n) is 4.92. The maximum absolute atomic E-state index is 6.32. The van der Waals surface area contributed by atoms with Crippen LogP contribution >= 0.6 is 0 Å². The Morgan fingerprint density at radius 1 is 1.24 bits per heavy atom. The van der Waals surface area contributed by atoms with Gasteiger partial charge in [0.2, 0.25) is 0 Å². The lowest BCUT2D eigenvalue weighted by Gasteiger charge is -2.43. The van der Waals surface area contributed by atoms with Gasteiger partial charge in [-0.3, -0.25) is 0 Å². The molecule has 1 heterocycles. The van der Waals surface area contributed by atoms with Crippen LogP contribution in [0.15, 0.2) is 24.3 Å². The zero-order chi connectivity index (χ0) is 14.7. The van der Waals surface area contributed by atoms with Crippen LogP contribution in [0.3, 0.4) is 0 Å². The zero-order valence-electron chi connectivity index (χ0n) is 13.0. The highest BCUT2D eigenvalue weighted by Gasteiger charge is 2.39. The molecule has 2 fully saturated rings. The molecule has 1 spiro atoms. The van der Waals surface area contributed by atoms with Crippen molar-refractivity contribution in [2.24, 2.45) is 5.73 Å². The van der Waals surface area contributed by atoms with Crippen molar-refractivity contribution < 1.29 is 9.47 Å². The fourth-order valence-electron chi connectivity index (χ4n) is 3.77. The second kappa shape index (κ2) is 6.37. The van der Waals surface area contributed by atoms with Gasteiger partial charge in [0.1, 0.15) is 11.9 Å². The van der Waals surface area contributed by atoms with Crippen molar-refractivity contribution >= 4 is 0 Å². The summed E-state index contributed by atoms with van der Waals surface area (Å²) in [4.78, 5) is 0. The molecule has 0 amide bonds. The molecule has 0 radical (unpaired) electrons. The molecule has 1 unspecified atom stereocenters. The molecule has 2 atom stereocenters. The van der Waals surface area contributed by atoms with Crippen molar-refractivity contribution in [2.75, 3.05) is 6.61 Å². The van der Waals surface area contributed by atoms with Gasteiger partial charge in [-0.15, -0.1) is 0 Å². The number of hydrogen-bond donors (Lipinski definition) is 1. The van der Waals surface area contributed by atoms with Gasteiger partial charge in [0, 0.05) is 24.4 Å². The lowest BCUT2D eigenvalue weighted by atomic mass is 9.79. The molecule has 2 aliphatic rings. The van der Waals surface area contributed by atoms with Gasteiger partial charge < -0.3 is 15.2 Å². The number of hydrogen-bond acceptors (Lipinski definition) is 3. The van der Waals surface area contributed by atoms with E-state index in [9.17, 15) is 0 Å². The highest BCUT2D eigenvalue weighted by molar-refractivity contribution is 5.35. The van der Waals surface area contributed by atoms with Gasteiger partial charge in [0.05, 0.1) is 12.2 Å². The van der Waals surface area contributed by atoms with E-state index in [4.69, 9.17) is 15.2 Å². The van der Waals surface area contributed by atoms with Crippen LogP contribution in [-0.4, -0.2) is 18.3 Å². The van der Waals surface area contributed by atoms with Crippen LogP contribution in [-0.2, 0) is 4.74 Å². The Kier molecular flexibility index (Phi) is 4.51. The number of nitrogens with two attached hydrogens (primary N) is 1. The van der Waals surface area contributed by atoms with Crippen LogP contribution in [0.2, 0.25) is 0 Å². The molecule has 1 aliphatic heterocycles. The second-order valence-corrected chi connectivity index (χ2v) is 6.65. The highest BCUT2D eigenvalue weighted by atomic mass is 16.5. The number of para-hydroxylation sites is 1. The molecular weight excluding hydrogens is 262 g/mol. The van der Waals surface area contributed by atoms with E-state index in [1.54, 1.807) is 0 Å². The van der Waals surface area contributed by atoms with E-state index in [1.807, 2.05) is 25.1 Å². The molecule has 1 saturated carbocycles. The fourth-order valence-corrected chi connectivity index (χ4v) is 3.77. The number of ether oxygens (including phenoxy) is 2. The van der Waals surface area contributed by atoms with Crippen molar-refractivity contribution in [3.8, 4) is 5.75 Å². The summed E-state index contributed by atoms with van der Waals surface area (Å²) in [5.74, 6) is 0.949. The molecule has 3 rings (SSSR count). The molecule has 0 aromatic heterocycles. The maximum atomic E-state index is 6.32. The topological polar surface area (TPSA) is 44.5 Å².